The Hall–Kier alpha value is -1.33. The van der Waals surface area contributed by atoms with Crippen LogP contribution in [0.3, 0.4) is 0 Å². The second kappa shape index (κ2) is 5.97. The maximum absolute atomic E-state index is 12.5. The molecule has 1 aromatic carbocycles. The lowest BCUT2D eigenvalue weighted by atomic mass is 10.1. The molecule has 0 aliphatic carbocycles. The highest BCUT2D eigenvalue weighted by Gasteiger charge is 2.24. The lowest BCUT2D eigenvalue weighted by molar-refractivity contribution is 0.501. The highest BCUT2D eigenvalue weighted by atomic mass is 35.5. The first-order chi connectivity index (χ1) is 9.45. The molecule has 1 heterocycles. The van der Waals surface area contributed by atoms with Crippen LogP contribution in [0, 0.1) is 0 Å². The van der Waals surface area contributed by atoms with Crippen LogP contribution in [0.4, 0.5) is 0 Å². The van der Waals surface area contributed by atoms with Crippen molar-refractivity contribution in [3.63, 3.8) is 0 Å². The van der Waals surface area contributed by atoms with Crippen molar-refractivity contribution in [3.05, 3.63) is 41.1 Å². The van der Waals surface area contributed by atoms with Gasteiger partial charge in [0.1, 0.15) is 6.67 Å². The van der Waals surface area contributed by atoms with Crippen LogP contribution in [-0.4, -0.2) is 25.1 Å². The van der Waals surface area contributed by atoms with Gasteiger partial charge in [-0.05, 0) is 43.2 Å². The molecule has 0 amide bonds. The summed E-state index contributed by atoms with van der Waals surface area (Å²) >= 11 is 5.78. The van der Waals surface area contributed by atoms with Crippen molar-refractivity contribution in [2.24, 2.45) is 4.99 Å². The van der Waals surface area contributed by atoms with Gasteiger partial charge in [0.15, 0.2) is 0 Å². The average Bonchev–Trinajstić information content (AvgIpc) is 2.41. The molecule has 0 spiro atoms. The Morgan fingerprint density at radius 3 is 2.50 bits per heavy atom. The predicted octanol–water partition coefficient (Wildman–Crippen LogP) is 3.45. The van der Waals surface area contributed by atoms with Crippen molar-refractivity contribution in [2.45, 2.75) is 31.6 Å². The Morgan fingerprint density at radius 2 is 1.95 bits per heavy atom. The molecule has 1 aliphatic heterocycles. The monoisotopic (exact) mass is 312 g/mol. The highest BCUT2D eigenvalue weighted by Crippen LogP contribution is 2.22. The van der Waals surface area contributed by atoms with E-state index in [2.05, 4.69) is 11.9 Å². The lowest BCUT2D eigenvalue weighted by Gasteiger charge is -2.24. The molecular weight excluding hydrogens is 296 g/mol. The molecule has 0 fully saturated rings. The van der Waals surface area contributed by atoms with Crippen molar-refractivity contribution in [1.82, 2.24) is 4.31 Å². The van der Waals surface area contributed by atoms with E-state index in [1.165, 1.54) is 16.4 Å². The van der Waals surface area contributed by atoms with Gasteiger partial charge in [-0.3, -0.25) is 9.30 Å². The van der Waals surface area contributed by atoms with E-state index in [0.717, 1.165) is 24.1 Å². The molecule has 0 unspecified atom stereocenters. The second-order valence-corrected chi connectivity index (χ2v) is 6.98. The number of hydrogen-bond donors (Lipinski definition) is 0. The van der Waals surface area contributed by atoms with E-state index in [4.69, 9.17) is 11.6 Å². The van der Waals surface area contributed by atoms with Crippen molar-refractivity contribution < 1.29 is 8.42 Å². The molecule has 0 radical (unpaired) electrons. The van der Waals surface area contributed by atoms with Crippen LogP contribution in [0.5, 0.6) is 0 Å². The van der Waals surface area contributed by atoms with Crippen LogP contribution >= 0.6 is 11.6 Å². The van der Waals surface area contributed by atoms with E-state index in [1.807, 2.05) is 6.92 Å². The third kappa shape index (κ3) is 3.04. The van der Waals surface area contributed by atoms with Crippen molar-refractivity contribution in [3.8, 4) is 0 Å². The largest absolute Gasteiger partial charge is 0.267 e. The summed E-state index contributed by atoms with van der Waals surface area (Å²) in [7, 11) is -3.56. The number of halogens is 1. The van der Waals surface area contributed by atoms with E-state index in [-0.39, 0.29) is 11.6 Å². The van der Waals surface area contributed by atoms with Crippen LogP contribution < -0.4 is 0 Å². The Balaban J connectivity index is 2.27. The first kappa shape index (κ1) is 15.1. The Labute approximate surface area is 124 Å². The molecule has 4 nitrogen and oxygen atoms in total. The van der Waals surface area contributed by atoms with E-state index in [0.29, 0.717) is 5.02 Å². The Bertz CT molecular complexity index is 648. The summed E-state index contributed by atoms with van der Waals surface area (Å²) in [4.78, 5) is 4.58. The normalized spacial score (nSPS) is 15.8. The van der Waals surface area contributed by atoms with Gasteiger partial charge < -0.3 is 0 Å². The fraction of sp³-hybridized carbons (Fsp3) is 0.357. The SMILES string of the molecule is CCCC1=NCN(S(=O)(=O)c2ccc(Cl)cc2)C=C1C. The molecule has 1 aliphatic rings. The first-order valence-corrected chi connectivity index (χ1v) is 8.26. The van der Waals surface area contributed by atoms with Crippen molar-refractivity contribution >= 4 is 27.3 Å². The minimum Gasteiger partial charge on any atom is -0.267 e. The zero-order chi connectivity index (χ0) is 14.8. The third-order valence-electron chi connectivity index (χ3n) is 3.10. The molecule has 20 heavy (non-hydrogen) atoms. The van der Waals surface area contributed by atoms with E-state index >= 15 is 0 Å². The molecule has 0 N–H and O–H groups in total. The smallest absolute Gasteiger partial charge is 0.265 e. The maximum Gasteiger partial charge on any atom is 0.265 e. The molecule has 6 heteroatoms. The topological polar surface area (TPSA) is 49.7 Å². The van der Waals surface area contributed by atoms with Gasteiger partial charge in [0.05, 0.1) is 4.90 Å². The van der Waals surface area contributed by atoms with Gasteiger partial charge in [0.25, 0.3) is 10.0 Å². The van der Waals surface area contributed by atoms with E-state index < -0.39 is 10.0 Å². The molecule has 2 rings (SSSR count). The summed E-state index contributed by atoms with van der Waals surface area (Å²) in [6.45, 7) is 4.10. The van der Waals surface area contributed by atoms with Gasteiger partial charge in [-0.1, -0.05) is 24.9 Å². The van der Waals surface area contributed by atoms with Gasteiger partial charge >= 0.3 is 0 Å². The summed E-state index contributed by atoms with van der Waals surface area (Å²) in [5, 5.41) is 0.512. The van der Waals surface area contributed by atoms with Gasteiger partial charge in [-0.2, -0.15) is 0 Å². The number of aliphatic imine (C=N–C) groups is 1. The lowest BCUT2D eigenvalue weighted by Crippen LogP contribution is -2.30. The zero-order valence-corrected chi connectivity index (χ0v) is 13.1. The second-order valence-electron chi connectivity index (χ2n) is 4.65. The molecule has 0 aromatic heterocycles. The number of nitrogens with zero attached hydrogens (tertiary/aromatic N) is 2. The Kier molecular flexibility index (Phi) is 4.50. The minimum absolute atomic E-state index is 0.137. The van der Waals surface area contributed by atoms with Crippen molar-refractivity contribution in [2.75, 3.05) is 6.67 Å². The first-order valence-electron chi connectivity index (χ1n) is 6.44. The summed E-state index contributed by atoms with van der Waals surface area (Å²) in [5.41, 5.74) is 1.88. The maximum atomic E-state index is 12.5. The fourth-order valence-electron chi connectivity index (χ4n) is 2.01. The number of rotatable bonds is 4. The van der Waals surface area contributed by atoms with Gasteiger partial charge in [-0.25, -0.2) is 8.42 Å². The van der Waals surface area contributed by atoms with Crippen LogP contribution in [0.2, 0.25) is 5.02 Å². The van der Waals surface area contributed by atoms with Crippen LogP contribution in [0.15, 0.2) is 45.9 Å². The van der Waals surface area contributed by atoms with Crippen molar-refractivity contribution in [1.29, 1.82) is 0 Å². The summed E-state index contributed by atoms with van der Waals surface area (Å²) in [6.07, 6.45) is 3.52. The molecule has 1 aromatic rings. The fourth-order valence-corrected chi connectivity index (χ4v) is 3.39. The van der Waals surface area contributed by atoms with Gasteiger partial charge in [0, 0.05) is 16.9 Å². The summed E-state index contributed by atoms with van der Waals surface area (Å²) in [6, 6.07) is 6.15. The molecule has 0 saturated carbocycles. The van der Waals surface area contributed by atoms with Crippen LogP contribution in [0.25, 0.3) is 0 Å². The predicted molar refractivity (Wildman–Crippen MR) is 81.4 cm³/mol. The van der Waals surface area contributed by atoms with E-state index in [9.17, 15) is 8.42 Å². The molecule has 0 atom stereocenters. The molecule has 108 valence electrons. The highest BCUT2D eigenvalue weighted by molar-refractivity contribution is 7.89. The molecule has 0 bridgehead atoms. The molecule has 0 saturated heterocycles. The molecular formula is C14H17ClN2O2S. The quantitative estimate of drug-likeness (QED) is 0.855. The van der Waals surface area contributed by atoms with Gasteiger partial charge in [0.2, 0.25) is 0 Å². The number of allylic oxidation sites excluding steroid dienone is 1. The third-order valence-corrected chi connectivity index (χ3v) is 5.06. The number of sulfonamides is 1. The van der Waals surface area contributed by atoms with Gasteiger partial charge in [-0.15, -0.1) is 0 Å². The minimum atomic E-state index is -3.56. The Morgan fingerprint density at radius 1 is 1.30 bits per heavy atom. The number of hydrogen-bond acceptors (Lipinski definition) is 3. The van der Waals surface area contributed by atoms with Crippen LogP contribution in [0.1, 0.15) is 26.7 Å². The summed E-state index contributed by atoms with van der Waals surface area (Å²) < 4.78 is 26.2. The zero-order valence-electron chi connectivity index (χ0n) is 11.5. The summed E-state index contributed by atoms with van der Waals surface area (Å²) in [5.74, 6) is 0. The van der Waals surface area contributed by atoms with E-state index in [1.54, 1.807) is 18.3 Å². The van der Waals surface area contributed by atoms with Crippen LogP contribution in [-0.2, 0) is 10.0 Å². The average molecular weight is 313 g/mol. The standard InChI is InChI=1S/C14H17ClN2O2S/c1-3-4-14-11(2)9-17(10-16-14)20(18,19)13-7-5-12(15)6-8-13/h5-9H,3-4,10H2,1-2H3. The number of benzene rings is 1.